The van der Waals surface area contributed by atoms with Crippen molar-refractivity contribution in [2.24, 2.45) is 5.92 Å². The molecule has 104 valence electrons. The topological polar surface area (TPSA) is 84.9 Å². The highest BCUT2D eigenvalue weighted by atomic mass is 16.6. The van der Waals surface area contributed by atoms with Gasteiger partial charge < -0.3 is 19.9 Å². The number of hydrogen-bond donors (Lipinski definition) is 2. The summed E-state index contributed by atoms with van der Waals surface area (Å²) >= 11 is 0. The fourth-order valence-corrected chi connectivity index (χ4v) is 1.62. The van der Waals surface area contributed by atoms with Crippen molar-refractivity contribution in [1.82, 2.24) is 5.32 Å². The average molecular weight is 259 g/mol. The van der Waals surface area contributed by atoms with Gasteiger partial charge >= 0.3 is 12.1 Å². The molecule has 0 aromatic carbocycles. The van der Waals surface area contributed by atoms with Crippen LogP contribution in [0.1, 0.15) is 33.6 Å². The highest BCUT2D eigenvalue weighted by Gasteiger charge is 2.41. The van der Waals surface area contributed by atoms with Crippen molar-refractivity contribution in [3.05, 3.63) is 0 Å². The second kappa shape index (κ2) is 5.56. The molecule has 1 aliphatic rings. The van der Waals surface area contributed by atoms with E-state index in [1.54, 1.807) is 20.8 Å². The lowest BCUT2D eigenvalue weighted by molar-refractivity contribution is -0.152. The second-order valence-electron chi connectivity index (χ2n) is 5.48. The number of aliphatic hydroxyl groups excluding tert-OH is 1. The lowest BCUT2D eigenvalue weighted by atomic mass is 10.1. The predicted molar refractivity (Wildman–Crippen MR) is 63.9 cm³/mol. The van der Waals surface area contributed by atoms with E-state index in [0.717, 1.165) is 12.8 Å². The molecule has 0 unspecified atom stereocenters. The Hall–Kier alpha value is -1.30. The zero-order valence-corrected chi connectivity index (χ0v) is 11.2. The van der Waals surface area contributed by atoms with Crippen LogP contribution in [0, 0.1) is 5.92 Å². The van der Waals surface area contributed by atoms with Gasteiger partial charge in [-0.05, 0) is 39.5 Å². The third kappa shape index (κ3) is 4.52. The molecule has 0 heterocycles. The molecule has 18 heavy (non-hydrogen) atoms. The van der Waals surface area contributed by atoms with Gasteiger partial charge in [0, 0.05) is 0 Å². The van der Waals surface area contributed by atoms with E-state index in [4.69, 9.17) is 4.74 Å². The van der Waals surface area contributed by atoms with Crippen molar-refractivity contribution < 1.29 is 24.2 Å². The number of aliphatic hydroxyl groups is 1. The summed E-state index contributed by atoms with van der Waals surface area (Å²) in [4.78, 5) is 22.9. The Morgan fingerprint density at radius 3 is 2.28 bits per heavy atom. The summed E-state index contributed by atoms with van der Waals surface area (Å²) in [6.07, 6.45) is -0.249. The number of alkyl carbamates (subject to hydrolysis) is 1. The quantitative estimate of drug-likeness (QED) is 0.730. The zero-order chi connectivity index (χ0) is 13.9. The third-order valence-electron chi connectivity index (χ3n) is 2.60. The molecule has 1 amide bonds. The lowest BCUT2D eigenvalue weighted by Gasteiger charge is -2.25. The molecule has 0 aliphatic heterocycles. The van der Waals surface area contributed by atoms with Crippen molar-refractivity contribution in [3.63, 3.8) is 0 Å². The van der Waals surface area contributed by atoms with Gasteiger partial charge in [-0.25, -0.2) is 9.59 Å². The van der Waals surface area contributed by atoms with E-state index in [-0.39, 0.29) is 5.92 Å². The molecule has 6 heteroatoms. The standard InChI is InChI=1S/C12H21NO5/c1-12(2,3)18-11(16)13-8(7-5-6-7)9(14)10(15)17-4/h7-9,14H,5-6H2,1-4H3,(H,13,16)/t8-,9-/m0/s1. The van der Waals surface area contributed by atoms with E-state index < -0.39 is 29.8 Å². The van der Waals surface area contributed by atoms with Gasteiger partial charge in [0.05, 0.1) is 13.2 Å². The molecule has 0 saturated heterocycles. The van der Waals surface area contributed by atoms with Crippen molar-refractivity contribution in [2.75, 3.05) is 7.11 Å². The van der Waals surface area contributed by atoms with Crippen LogP contribution in [-0.4, -0.2) is 42.0 Å². The molecule has 2 atom stereocenters. The SMILES string of the molecule is COC(=O)[C@@H](O)[C@@H](NC(=O)OC(C)(C)C)C1CC1. The first-order valence-electron chi connectivity index (χ1n) is 6.00. The molecule has 2 N–H and O–H groups in total. The van der Waals surface area contributed by atoms with Gasteiger partial charge in [-0.2, -0.15) is 0 Å². The number of amides is 1. The third-order valence-corrected chi connectivity index (χ3v) is 2.60. The van der Waals surface area contributed by atoms with Crippen molar-refractivity contribution >= 4 is 12.1 Å². The molecular weight excluding hydrogens is 238 g/mol. The molecule has 0 radical (unpaired) electrons. The highest BCUT2D eigenvalue weighted by molar-refractivity contribution is 5.77. The summed E-state index contributed by atoms with van der Waals surface area (Å²) in [5.74, 6) is -0.644. The monoisotopic (exact) mass is 259 g/mol. The molecule has 0 spiro atoms. The molecule has 0 aromatic heterocycles. The fraction of sp³-hybridized carbons (Fsp3) is 0.833. The van der Waals surface area contributed by atoms with E-state index in [9.17, 15) is 14.7 Å². The number of methoxy groups -OCH3 is 1. The van der Waals surface area contributed by atoms with Crippen LogP contribution in [0.5, 0.6) is 0 Å². The summed E-state index contributed by atoms with van der Waals surface area (Å²) in [6.45, 7) is 5.24. The first kappa shape index (κ1) is 14.8. The highest BCUT2D eigenvalue weighted by Crippen LogP contribution is 2.34. The molecule has 1 aliphatic carbocycles. The zero-order valence-electron chi connectivity index (χ0n) is 11.2. The number of rotatable bonds is 4. The Balaban J connectivity index is 2.58. The lowest BCUT2D eigenvalue weighted by Crippen LogP contribution is -2.50. The van der Waals surface area contributed by atoms with Crippen molar-refractivity contribution in [1.29, 1.82) is 0 Å². The number of nitrogens with one attached hydrogen (secondary N) is 1. The molecule has 0 bridgehead atoms. The number of esters is 1. The van der Waals surface area contributed by atoms with Crippen LogP contribution in [0.15, 0.2) is 0 Å². The minimum absolute atomic E-state index is 0.103. The Labute approximate surface area is 107 Å². The van der Waals surface area contributed by atoms with Gasteiger partial charge in [0.1, 0.15) is 5.60 Å². The predicted octanol–water partition coefficient (Wildman–Crippen LogP) is 0.824. The maximum Gasteiger partial charge on any atom is 0.407 e. The Morgan fingerprint density at radius 1 is 1.33 bits per heavy atom. The van der Waals surface area contributed by atoms with Crippen molar-refractivity contribution in [3.8, 4) is 0 Å². The van der Waals surface area contributed by atoms with Crippen LogP contribution in [0.3, 0.4) is 0 Å². The molecule has 0 aromatic rings. The number of carbonyl (C=O) groups is 2. The summed E-state index contributed by atoms with van der Waals surface area (Å²) in [6, 6.07) is -0.646. The minimum Gasteiger partial charge on any atom is -0.467 e. The van der Waals surface area contributed by atoms with Crippen LogP contribution in [0.4, 0.5) is 4.79 Å². The van der Waals surface area contributed by atoms with Gasteiger partial charge in [0.15, 0.2) is 6.10 Å². The first-order chi connectivity index (χ1) is 8.24. The maximum absolute atomic E-state index is 11.6. The van der Waals surface area contributed by atoms with Gasteiger partial charge in [-0.15, -0.1) is 0 Å². The van der Waals surface area contributed by atoms with Crippen LogP contribution in [0.2, 0.25) is 0 Å². The van der Waals surface area contributed by atoms with Crippen LogP contribution in [-0.2, 0) is 14.3 Å². The molecular formula is C12H21NO5. The van der Waals surface area contributed by atoms with E-state index >= 15 is 0 Å². The summed E-state index contributed by atoms with van der Waals surface area (Å²) in [5, 5.41) is 12.3. The van der Waals surface area contributed by atoms with Gasteiger partial charge in [-0.3, -0.25) is 0 Å². The minimum atomic E-state index is -1.35. The largest absolute Gasteiger partial charge is 0.467 e. The molecule has 1 saturated carbocycles. The Morgan fingerprint density at radius 2 is 1.89 bits per heavy atom. The van der Waals surface area contributed by atoms with E-state index in [1.807, 2.05) is 0 Å². The average Bonchev–Trinajstić information content (AvgIpc) is 3.05. The summed E-state index contributed by atoms with van der Waals surface area (Å²) < 4.78 is 9.57. The van der Waals surface area contributed by atoms with Crippen molar-refractivity contribution in [2.45, 2.75) is 51.4 Å². The molecule has 6 nitrogen and oxygen atoms in total. The second-order valence-corrected chi connectivity index (χ2v) is 5.48. The van der Waals surface area contributed by atoms with Crippen LogP contribution in [0.25, 0.3) is 0 Å². The fourth-order valence-electron chi connectivity index (χ4n) is 1.62. The molecule has 1 rings (SSSR count). The van der Waals surface area contributed by atoms with E-state index in [2.05, 4.69) is 10.1 Å². The normalized spacial score (nSPS) is 18.7. The van der Waals surface area contributed by atoms with Gasteiger partial charge in [-0.1, -0.05) is 0 Å². The van der Waals surface area contributed by atoms with Crippen LogP contribution < -0.4 is 5.32 Å². The summed E-state index contributed by atoms with van der Waals surface area (Å²) in [7, 11) is 1.20. The maximum atomic E-state index is 11.6. The van der Waals surface area contributed by atoms with E-state index in [1.165, 1.54) is 7.11 Å². The van der Waals surface area contributed by atoms with E-state index in [0.29, 0.717) is 0 Å². The molecule has 1 fully saturated rings. The van der Waals surface area contributed by atoms with Gasteiger partial charge in [0.25, 0.3) is 0 Å². The first-order valence-corrected chi connectivity index (χ1v) is 6.00. The number of carbonyl (C=O) groups excluding carboxylic acids is 2. The summed E-state index contributed by atoms with van der Waals surface area (Å²) in [5.41, 5.74) is -0.617. The van der Waals surface area contributed by atoms with Crippen LogP contribution >= 0.6 is 0 Å². The number of ether oxygens (including phenoxy) is 2. The van der Waals surface area contributed by atoms with Gasteiger partial charge in [0.2, 0.25) is 0 Å². The smallest absolute Gasteiger partial charge is 0.407 e. The number of hydrogen-bond acceptors (Lipinski definition) is 5. The Kier molecular flexibility index (Phi) is 4.56. The Bertz CT molecular complexity index is 319.